The number of ether oxygens (including phenoxy) is 1. The van der Waals surface area contributed by atoms with E-state index in [-0.39, 0.29) is 17.6 Å². The summed E-state index contributed by atoms with van der Waals surface area (Å²) in [6.45, 7) is 0.760. The Balaban J connectivity index is 1.99. The summed E-state index contributed by atoms with van der Waals surface area (Å²) >= 11 is 0. The van der Waals surface area contributed by atoms with E-state index in [0.717, 1.165) is 12.1 Å². The van der Waals surface area contributed by atoms with Crippen molar-refractivity contribution in [3.63, 3.8) is 0 Å². The molecule has 0 amide bonds. The minimum Gasteiger partial charge on any atom is -0.494 e. The third-order valence-electron chi connectivity index (χ3n) is 3.79. The molecule has 1 atom stereocenters. The van der Waals surface area contributed by atoms with Gasteiger partial charge in [0.1, 0.15) is 0 Å². The van der Waals surface area contributed by atoms with Crippen LogP contribution in [0.5, 0.6) is 5.75 Å². The van der Waals surface area contributed by atoms with Gasteiger partial charge in [-0.25, -0.2) is 4.39 Å². The monoisotopic (exact) mass is 252 g/mol. The van der Waals surface area contributed by atoms with E-state index in [1.807, 2.05) is 6.07 Å². The lowest BCUT2D eigenvalue weighted by Gasteiger charge is -2.36. The topological polar surface area (TPSA) is 38.5 Å². The van der Waals surface area contributed by atoms with Gasteiger partial charge >= 0.3 is 0 Å². The first-order chi connectivity index (χ1) is 8.61. The summed E-state index contributed by atoms with van der Waals surface area (Å²) in [5, 5.41) is 0. The van der Waals surface area contributed by atoms with Gasteiger partial charge in [-0.15, -0.1) is 0 Å². The van der Waals surface area contributed by atoms with Gasteiger partial charge < -0.3 is 15.4 Å². The quantitative estimate of drug-likeness (QED) is 0.874. The summed E-state index contributed by atoms with van der Waals surface area (Å²) in [5.41, 5.74) is 6.94. The van der Waals surface area contributed by atoms with Crippen molar-refractivity contribution in [3.05, 3.63) is 29.6 Å². The first-order valence-corrected chi connectivity index (χ1v) is 6.41. The number of benzene rings is 1. The molecule has 18 heavy (non-hydrogen) atoms. The third-order valence-corrected chi connectivity index (χ3v) is 3.79. The molecule has 0 radical (unpaired) electrons. The Hall–Kier alpha value is -1.13. The third kappa shape index (κ3) is 2.82. The number of nitrogens with zero attached hydrogens (tertiary/aromatic N) is 1. The van der Waals surface area contributed by atoms with Gasteiger partial charge in [-0.1, -0.05) is 12.5 Å². The van der Waals surface area contributed by atoms with Gasteiger partial charge in [-0.3, -0.25) is 0 Å². The van der Waals surface area contributed by atoms with Crippen molar-refractivity contribution in [1.29, 1.82) is 0 Å². The molecule has 1 aromatic carbocycles. The lowest BCUT2D eigenvalue weighted by atomic mass is 9.91. The predicted molar refractivity (Wildman–Crippen MR) is 70.1 cm³/mol. The van der Waals surface area contributed by atoms with E-state index in [1.165, 1.54) is 32.4 Å². The molecule has 1 unspecified atom stereocenters. The Kier molecular flexibility index (Phi) is 4.19. The molecule has 100 valence electrons. The van der Waals surface area contributed by atoms with Crippen molar-refractivity contribution in [2.24, 2.45) is 5.73 Å². The van der Waals surface area contributed by atoms with Gasteiger partial charge in [0, 0.05) is 18.6 Å². The van der Waals surface area contributed by atoms with Crippen LogP contribution in [-0.2, 0) is 0 Å². The molecule has 2 N–H and O–H groups in total. The van der Waals surface area contributed by atoms with Crippen LogP contribution in [0.4, 0.5) is 4.39 Å². The second-order valence-corrected chi connectivity index (χ2v) is 5.02. The Bertz CT molecular complexity index is 407. The maximum Gasteiger partial charge on any atom is 0.165 e. The molecule has 0 aliphatic heterocycles. The normalized spacial score (nSPS) is 17.6. The highest BCUT2D eigenvalue weighted by molar-refractivity contribution is 5.31. The molecule has 4 heteroatoms. The molecule has 0 spiro atoms. The summed E-state index contributed by atoms with van der Waals surface area (Å²) in [6.07, 6.45) is 3.81. The second kappa shape index (κ2) is 5.67. The van der Waals surface area contributed by atoms with Crippen molar-refractivity contribution in [1.82, 2.24) is 4.90 Å². The highest BCUT2D eigenvalue weighted by Gasteiger charge is 2.23. The number of methoxy groups -OCH3 is 1. The number of hydrogen-bond donors (Lipinski definition) is 1. The molecule has 0 bridgehead atoms. The van der Waals surface area contributed by atoms with Gasteiger partial charge in [0.2, 0.25) is 0 Å². The van der Waals surface area contributed by atoms with Gasteiger partial charge in [-0.05, 0) is 37.6 Å². The maximum atomic E-state index is 13.6. The van der Waals surface area contributed by atoms with E-state index in [1.54, 1.807) is 6.07 Å². The molecule has 1 saturated carbocycles. The molecule has 0 heterocycles. The van der Waals surface area contributed by atoms with Crippen LogP contribution in [0, 0.1) is 5.82 Å². The van der Waals surface area contributed by atoms with Gasteiger partial charge in [0.15, 0.2) is 11.6 Å². The highest BCUT2D eigenvalue weighted by atomic mass is 19.1. The van der Waals surface area contributed by atoms with Crippen LogP contribution >= 0.6 is 0 Å². The van der Waals surface area contributed by atoms with Crippen molar-refractivity contribution in [2.45, 2.75) is 31.3 Å². The fraction of sp³-hybridized carbons (Fsp3) is 0.571. The number of halogens is 1. The second-order valence-electron chi connectivity index (χ2n) is 5.02. The Morgan fingerprint density at radius 1 is 1.50 bits per heavy atom. The molecule has 1 fully saturated rings. The molecule has 1 aliphatic carbocycles. The van der Waals surface area contributed by atoms with Crippen molar-refractivity contribution >= 4 is 0 Å². The summed E-state index contributed by atoms with van der Waals surface area (Å²) in [5.74, 6) is -0.0879. The lowest BCUT2D eigenvalue weighted by molar-refractivity contribution is 0.151. The van der Waals surface area contributed by atoms with Crippen molar-refractivity contribution in [3.8, 4) is 5.75 Å². The Labute approximate surface area is 108 Å². The number of hydrogen-bond acceptors (Lipinski definition) is 3. The van der Waals surface area contributed by atoms with E-state index in [2.05, 4.69) is 11.9 Å². The zero-order valence-electron chi connectivity index (χ0n) is 11.0. The Morgan fingerprint density at radius 2 is 2.22 bits per heavy atom. The van der Waals surface area contributed by atoms with Gasteiger partial charge in [-0.2, -0.15) is 0 Å². The average Bonchev–Trinajstić information content (AvgIpc) is 2.26. The molecule has 1 aliphatic rings. The van der Waals surface area contributed by atoms with E-state index in [4.69, 9.17) is 10.5 Å². The summed E-state index contributed by atoms with van der Waals surface area (Å²) in [7, 11) is 3.55. The summed E-state index contributed by atoms with van der Waals surface area (Å²) in [4.78, 5) is 2.27. The average molecular weight is 252 g/mol. The van der Waals surface area contributed by atoms with Crippen LogP contribution in [0.2, 0.25) is 0 Å². The zero-order chi connectivity index (χ0) is 13.1. The molecule has 0 aromatic heterocycles. The summed E-state index contributed by atoms with van der Waals surface area (Å²) < 4.78 is 18.5. The van der Waals surface area contributed by atoms with E-state index in [0.29, 0.717) is 6.04 Å². The molecular formula is C14H21FN2O. The van der Waals surface area contributed by atoms with E-state index < -0.39 is 0 Å². The number of nitrogens with two attached hydrogens (primary N) is 1. The zero-order valence-corrected chi connectivity index (χ0v) is 11.0. The molecule has 3 nitrogen and oxygen atoms in total. The number of rotatable bonds is 5. The van der Waals surface area contributed by atoms with Crippen molar-refractivity contribution in [2.75, 3.05) is 20.7 Å². The Morgan fingerprint density at radius 3 is 2.72 bits per heavy atom. The first-order valence-electron chi connectivity index (χ1n) is 6.41. The molecule has 2 rings (SSSR count). The van der Waals surface area contributed by atoms with E-state index >= 15 is 0 Å². The summed E-state index contributed by atoms with van der Waals surface area (Å²) in [6, 6.07) is 5.43. The molecule has 0 saturated heterocycles. The van der Waals surface area contributed by atoms with Gasteiger partial charge in [0.05, 0.1) is 7.11 Å². The van der Waals surface area contributed by atoms with Crippen LogP contribution in [0.3, 0.4) is 0 Å². The molecular weight excluding hydrogens is 231 g/mol. The minimum atomic E-state index is -0.350. The predicted octanol–water partition coefficient (Wildman–Crippen LogP) is 2.32. The fourth-order valence-electron chi connectivity index (χ4n) is 2.31. The van der Waals surface area contributed by atoms with Crippen molar-refractivity contribution < 1.29 is 9.13 Å². The smallest absolute Gasteiger partial charge is 0.165 e. The van der Waals surface area contributed by atoms with Crippen LogP contribution in [0.15, 0.2) is 18.2 Å². The fourth-order valence-corrected chi connectivity index (χ4v) is 2.31. The largest absolute Gasteiger partial charge is 0.494 e. The minimum absolute atomic E-state index is 0.156. The van der Waals surface area contributed by atoms with Crippen LogP contribution in [-0.4, -0.2) is 31.6 Å². The van der Waals surface area contributed by atoms with Gasteiger partial charge in [0.25, 0.3) is 0 Å². The first kappa shape index (κ1) is 13.3. The van der Waals surface area contributed by atoms with Crippen LogP contribution < -0.4 is 10.5 Å². The van der Waals surface area contributed by atoms with E-state index in [9.17, 15) is 4.39 Å². The highest BCUT2D eigenvalue weighted by Crippen LogP contribution is 2.26. The maximum absolute atomic E-state index is 13.6. The lowest BCUT2D eigenvalue weighted by Crippen LogP contribution is -2.41. The molecule has 1 aromatic rings. The SMILES string of the molecule is COc1ccc(C(N)CN(C)C2CCC2)cc1F. The van der Waals surface area contributed by atoms with Crippen LogP contribution in [0.1, 0.15) is 30.9 Å². The standard InChI is InChI=1S/C14H21FN2O/c1-17(11-4-3-5-11)9-13(16)10-6-7-14(18-2)12(15)8-10/h6-8,11,13H,3-5,9,16H2,1-2H3. The van der Waals surface area contributed by atoms with Crippen LogP contribution in [0.25, 0.3) is 0 Å². The number of likely N-dealkylation sites (N-methyl/N-ethyl adjacent to an activating group) is 1.